The van der Waals surface area contributed by atoms with E-state index >= 15 is 0 Å². The van der Waals surface area contributed by atoms with Crippen LogP contribution in [0, 0.1) is 5.92 Å². The maximum Gasteiger partial charge on any atom is 0.355 e. The number of likely N-dealkylation sites (tertiary alicyclic amines) is 1. The molecule has 1 amide bonds. The largest absolute Gasteiger partial charge is 0.497 e. The van der Waals surface area contributed by atoms with Crippen LogP contribution in [0.15, 0.2) is 24.3 Å². The lowest BCUT2D eigenvalue weighted by Crippen LogP contribution is -2.72. The smallest absolute Gasteiger partial charge is 0.355 e. The minimum absolute atomic E-state index is 0.0263. The van der Waals surface area contributed by atoms with E-state index in [4.69, 9.17) is 9.47 Å². The molecule has 1 aromatic rings. The van der Waals surface area contributed by atoms with Crippen molar-refractivity contribution in [3.05, 3.63) is 29.8 Å². The van der Waals surface area contributed by atoms with Crippen LogP contribution in [0.2, 0.25) is 0 Å². The standard InChI is InChI=1S/C16H19F2NO4/c1-10(2)9-23-14(20)13-16(17,18)15(21)19(13)8-11-4-6-12(22-3)7-5-11/h4-7,10,13H,8-9H2,1-3H3/t13-/m1/s1. The molecular weight excluding hydrogens is 308 g/mol. The number of β-lactam (4-membered cyclic amide) rings is 1. The summed E-state index contributed by atoms with van der Waals surface area (Å²) >= 11 is 0. The van der Waals surface area contributed by atoms with Crippen molar-refractivity contribution in [3.8, 4) is 5.75 Å². The lowest BCUT2D eigenvalue weighted by molar-refractivity contribution is -0.215. The Hall–Kier alpha value is -2.18. The van der Waals surface area contributed by atoms with Gasteiger partial charge in [-0.3, -0.25) is 4.79 Å². The van der Waals surface area contributed by atoms with Crippen LogP contribution < -0.4 is 4.74 Å². The Bertz CT molecular complexity index is 586. The number of nitrogens with zero attached hydrogens (tertiary/aromatic N) is 1. The SMILES string of the molecule is COc1ccc(CN2C(=O)C(F)(F)[C@H]2C(=O)OCC(C)C)cc1. The van der Waals surface area contributed by atoms with Gasteiger partial charge in [0.15, 0.2) is 0 Å². The summed E-state index contributed by atoms with van der Waals surface area (Å²) in [4.78, 5) is 24.3. The van der Waals surface area contributed by atoms with E-state index in [2.05, 4.69) is 0 Å². The maximum absolute atomic E-state index is 13.7. The predicted molar refractivity (Wildman–Crippen MR) is 78.1 cm³/mol. The number of hydrogen-bond acceptors (Lipinski definition) is 4. The van der Waals surface area contributed by atoms with Crippen LogP contribution in [0.3, 0.4) is 0 Å². The Labute approximate surface area is 133 Å². The molecule has 1 atom stereocenters. The molecule has 1 heterocycles. The van der Waals surface area contributed by atoms with Gasteiger partial charge >= 0.3 is 11.9 Å². The van der Waals surface area contributed by atoms with Crippen molar-refractivity contribution in [3.63, 3.8) is 0 Å². The van der Waals surface area contributed by atoms with Crippen molar-refractivity contribution in [2.75, 3.05) is 13.7 Å². The predicted octanol–water partition coefficient (Wildman–Crippen LogP) is 2.24. The number of carbonyl (C=O) groups is 2. The number of hydrogen-bond donors (Lipinski definition) is 0. The third-order valence-electron chi connectivity index (χ3n) is 3.50. The fourth-order valence-corrected chi connectivity index (χ4v) is 2.25. The Morgan fingerprint density at radius 3 is 2.43 bits per heavy atom. The summed E-state index contributed by atoms with van der Waals surface area (Å²) in [6.07, 6.45) is 0. The van der Waals surface area contributed by atoms with E-state index < -0.39 is 23.8 Å². The van der Waals surface area contributed by atoms with Crippen LogP contribution in [0.1, 0.15) is 19.4 Å². The third-order valence-corrected chi connectivity index (χ3v) is 3.50. The molecule has 0 radical (unpaired) electrons. The molecule has 0 N–H and O–H groups in total. The monoisotopic (exact) mass is 327 g/mol. The Kier molecular flexibility index (Phi) is 4.87. The van der Waals surface area contributed by atoms with Crippen LogP contribution in [-0.2, 0) is 20.9 Å². The first-order valence-corrected chi connectivity index (χ1v) is 7.25. The van der Waals surface area contributed by atoms with Gasteiger partial charge in [0.2, 0.25) is 6.04 Å². The lowest BCUT2D eigenvalue weighted by Gasteiger charge is -2.44. The second-order valence-corrected chi connectivity index (χ2v) is 5.83. The summed E-state index contributed by atoms with van der Waals surface area (Å²) in [5.74, 6) is -5.50. The second-order valence-electron chi connectivity index (χ2n) is 5.83. The molecule has 0 aromatic heterocycles. The van der Waals surface area contributed by atoms with Crippen LogP contribution in [0.4, 0.5) is 8.78 Å². The average Bonchev–Trinajstić information content (AvgIpc) is 2.52. The molecule has 0 unspecified atom stereocenters. The van der Waals surface area contributed by atoms with E-state index in [-0.39, 0.29) is 19.1 Å². The number of benzene rings is 1. The molecule has 5 nitrogen and oxygen atoms in total. The minimum atomic E-state index is -3.71. The molecule has 1 saturated heterocycles. The highest BCUT2D eigenvalue weighted by Gasteiger charge is 2.67. The first-order chi connectivity index (χ1) is 10.8. The van der Waals surface area contributed by atoms with E-state index in [9.17, 15) is 18.4 Å². The molecule has 23 heavy (non-hydrogen) atoms. The van der Waals surface area contributed by atoms with E-state index in [1.807, 2.05) is 0 Å². The summed E-state index contributed by atoms with van der Waals surface area (Å²) in [5, 5.41) is 0. The summed E-state index contributed by atoms with van der Waals surface area (Å²) in [6, 6.07) is 4.75. The third kappa shape index (κ3) is 3.43. The average molecular weight is 327 g/mol. The fourth-order valence-electron chi connectivity index (χ4n) is 2.25. The number of ether oxygens (including phenoxy) is 2. The van der Waals surface area contributed by atoms with Gasteiger partial charge in [0, 0.05) is 6.54 Å². The molecule has 0 saturated carbocycles. The number of alkyl halides is 2. The highest BCUT2D eigenvalue weighted by atomic mass is 19.3. The zero-order valence-corrected chi connectivity index (χ0v) is 13.2. The van der Waals surface area contributed by atoms with Crippen molar-refractivity contribution in [2.45, 2.75) is 32.4 Å². The van der Waals surface area contributed by atoms with Crippen molar-refractivity contribution < 1.29 is 27.8 Å². The zero-order chi connectivity index (χ0) is 17.2. The highest BCUT2D eigenvalue weighted by Crippen LogP contribution is 2.38. The van der Waals surface area contributed by atoms with Crippen molar-refractivity contribution in [1.82, 2.24) is 4.90 Å². The topological polar surface area (TPSA) is 55.8 Å². The zero-order valence-electron chi connectivity index (χ0n) is 13.2. The summed E-state index contributed by atoms with van der Waals surface area (Å²) in [5.41, 5.74) is 0.622. The second kappa shape index (κ2) is 6.52. The molecule has 2 rings (SSSR count). The van der Waals surface area contributed by atoms with Gasteiger partial charge in [-0.25, -0.2) is 4.79 Å². The number of halogens is 2. The van der Waals surface area contributed by atoms with Gasteiger partial charge in [0.1, 0.15) is 5.75 Å². The first kappa shape index (κ1) is 17.2. The summed E-state index contributed by atoms with van der Waals surface area (Å²) < 4.78 is 37.3. The first-order valence-electron chi connectivity index (χ1n) is 7.25. The number of amides is 1. The molecular formula is C16H19F2NO4. The van der Waals surface area contributed by atoms with Gasteiger partial charge in [-0.1, -0.05) is 26.0 Å². The van der Waals surface area contributed by atoms with Crippen molar-refractivity contribution in [1.29, 1.82) is 0 Å². The van der Waals surface area contributed by atoms with Gasteiger partial charge in [-0.2, -0.15) is 8.78 Å². The Morgan fingerprint density at radius 2 is 1.91 bits per heavy atom. The van der Waals surface area contributed by atoms with Gasteiger partial charge in [0.25, 0.3) is 5.91 Å². The van der Waals surface area contributed by atoms with Gasteiger partial charge in [-0.05, 0) is 23.6 Å². The molecule has 1 aromatic carbocycles. The van der Waals surface area contributed by atoms with Crippen LogP contribution >= 0.6 is 0 Å². The van der Waals surface area contributed by atoms with Crippen LogP contribution in [0.25, 0.3) is 0 Å². The highest BCUT2D eigenvalue weighted by molar-refractivity contribution is 6.01. The van der Waals surface area contributed by atoms with Gasteiger partial charge < -0.3 is 14.4 Å². The fraction of sp³-hybridized carbons (Fsp3) is 0.500. The van der Waals surface area contributed by atoms with Gasteiger partial charge in [0.05, 0.1) is 13.7 Å². The maximum atomic E-state index is 13.7. The lowest BCUT2D eigenvalue weighted by atomic mass is 9.95. The minimum Gasteiger partial charge on any atom is -0.497 e. The van der Waals surface area contributed by atoms with E-state index in [1.165, 1.54) is 7.11 Å². The molecule has 1 fully saturated rings. The number of esters is 1. The molecule has 126 valence electrons. The van der Waals surface area contributed by atoms with Crippen molar-refractivity contribution >= 4 is 11.9 Å². The van der Waals surface area contributed by atoms with Crippen LogP contribution in [-0.4, -0.2) is 42.5 Å². The quantitative estimate of drug-likeness (QED) is 0.594. The molecule has 7 heteroatoms. The molecule has 0 spiro atoms. The summed E-state index contributed by atoms with van der Waals surface area (Å²) in [7, 11) is 1.51. The Balaban J connectivity index is 2.09. The summed E-state index contributed by atoms with van der Waals surface area (Å²) in [6.45, 7) is 3.55. The van der Waals surface area contributed by atoms with Gasteiger partial charge in [-0.15, -0.1) is 0 Å². The molecule has 1 aliphatic rings. The Morgan fingerprint density at radius 1 is 1.30 bits per heavy atom. The van der Waals surface area contributed by atoms with Crippen molar-refractivity contribution in [2.24, 2.45) is 5.92 Å². The van der Waals surface area contributed by atoms with E-state index in [0.717, 1.165) is 4.90 Å². The molecule has 0 bridgehead atoms. The normalized spacial score (nSPS) is 19.5. The number of rotatable bonds is 6. The number of methoxy groups -OCH3 is 1. The number of carbonyl (C=O) groups excluding carboxylic acids is 2. The van der Waals surface area contributed by atoms with E-state index in [1.54, 1.807) is 38.1 Å². The van der Waals surface area contributed by atoms with E-state index in [0.29, 0.717) is 11.3 Å². The molecule has 0 aliphatic carbocycles. The van der Waals surface area contributed by atoms with Crippen LogP contribution in [0.5, 0.6) is 5.75 Å². The molecule has 1 aliphatic heterocycles.